The summed E-state index contributed by atoms with van der Waals surface area (Å²) >= 11 is 0. The van der Waals surface area contributed by atoms with E-state index in [1.54, 1.807) is 12.5 Å². The van der Waals surface area contributed by atoms with Crippen molar-refractivity contribution in [3.05, 3.63) is 29.9 Å². The highest BCUT2D eigenvalue weighted by Crippen LogP contribution is 2.79. The number of aliphatic hydroxyl groups excluding tert-OH is 7. The number of carbonyl (C=O) groups excluding carboxylic acids is 1. The average Bonchev–Trinajstić information content (AvgIpc) is 4.12. The number of nitrogens with zero attached hydrogens (tertiary/aromatic N) is 1. The van der Waals surface area contributed by atoms with Crippen molar-refractivity contribution in [1.82, 2.24) is 15.3 Å². The van der Waals surface area contributed by atoms with Crippen molar-refractivity contribution in [1.29, 1.82) is 0 Å². The molecule has 16 nitrogen and oxygen atoms in total. The van der Waals surface area contributed by atoms with E-state index in [1.165, 1.54) is 5.57 Å². The fourth-order valence-electron chi connectivity index (χ4n) is 18.8. The van der Waals surface area contributed by atoms with E-state index in [4.69, 9.17) is 15.2 Å². The first-order chi connectivity index (χ1) is 34.1. The molecule has 16 heteroatoms. The number of fused-ring (bicyclic) bond motifs is 7. The minimum atomic E-state index is -1.63. The van der Waals surface area contributed by atoms with Crippen molar-refractivity contribution in [2.45, 2.75) is 212 Å². The summed E-state index contributed by atoms with van der Waals surface area (Å²) in [6.07, 6.45) is 8.94. The number of carbonyl (C=O) groups is 2. The first-order valence-electron chi connectivity index (χ1n) is 27.9. The summed E-state index contributed by atoms with van der Waals surface area (Å²) in [5.41, 5.74) is 3.22. The van der Waals surface area contributed by atoms with Gasteiger partial charge in [0.1, 0.15) is 24.5 Å². The van der Waals surface area contributed by atoms with Crippen LogP contribution in [0.15, 0.2) is 24.2 Å². The number of amides is 1. The largest absolute Gasteiger partial charge is 0.481 e. The molecule has 0 unspecified atom stereocenters. The minimum absolute atomic E-state index is 0.00767. The van der Waals surface area contributed by atoms with E-state index in [-0.39, 0.29) is 67.7 Å². The van der Waals surface area contributed by atoms with Crippen LogP contribution in [-0.2, 0) is 19.1 Å². The van der Waals surface area contributed by atoms with Crippen molar-refractivity contribution in [3.8, 4) is 0 Å². The van der Waals surface area contributed by atoms with Crippen molar-refractivity contribution in [2.24, 2.45) is 79.1 Å². The molecule has 406 valence electrons. The molecule has 2 aliphatic heterocycles. The van der Waals surface area contributed by atoms with Crippen LogP contribution < -0.4 is 11.1 Å². The van der Waals surface area contributed by atoms with E-state index in [2.05, 4.69) is 56.0 Å². The standard InChI is InChI=1S/C56H90N4O12/c1-7-8-9-12-31-24-56(49(69)70)22-21-50(2,28-61)25-36(56)33-14-15-40-52(4,54(31,33)6)20-17-39-51(3,29-62)46(72-47-45(67)44(66)38(63)27-71-47)43(65)35(53(39,40)5)23-34-42(60-48(68)55(34)18-10-11-19-55)32(13-16-41(57)64)37-26-58-30-59-37/h14,26,30-32,34-36,38-47,61-67H,7-13,15-25,27-29,57H2,1-6H3,(H,58,59)(H,60,68)(H,69,70)/t31-,32+,34-,35-,36-,38+,39+,40-,41-,42+,43+,44-,45+,46+,47-,50-,51-,52+,53-,54+,56-/m0/s1. The van der Waals surface area contributed by atoms with E-state index in [1.807, 2.05) is 6.92 Å². The number of nitrogens with one attached hydrogen (secondary N) is 2. The van der Waals surface area contributed by atoms with Gasteiger partial charge in [-0.15, -0.1) is 0 Å². The molecular weight excluding hydrogens is 921 g/mol. The number of H-pyrrole nitrogens is 1. The summed E-state index contributed by atoms with van der Waals surface area (Å²) in [5, 5.41) is 94.6. The Hall–Kier alpha value is -2.51. The Balaban J connectivity index is 1.22. The monoisotopic (exact) mass is 1010 g/mol. The molecule has 1 aromatic heterocycles. The van der Waals surface area contributed by atoms with Crippen molar-refractivity contribution >= 4 is 11.9 Å². The van der Waals surface area contributed by atoms with Crippen LogP contribution in [0.3, 0.4) is 0 Å². The summed E-state index contributed by atoms with van der Waals surface area (Å²) in [6, 6.07) is -0.419. The van der Waals surface area contributed by atoms with Crippen LogP contribution in [-0.4, -0.2) is 132 Å². The van der Waals surface area contributed by atoms with Crippen LogP contribution in [0.4, 0.5) is 0 Å². The third kappa shape index (κ3) is 8.14. The second-order valence-electron chi connectivity index (χ2n) is 26.1. The van der Waals surface area contributed by atoms with Gasteiger partial charge in [0.2, 0.25) is 5.91 Å². The van der Waals surface area contributed by atoms with Crippen molar-refractivity contribution in [2.75, 3.05) is 19.8 Å². The lowest BCUT2D eigenvalue weighted by molar-refractivity contribution is -0.341. The van der Waals surface area contributed by atoms with Gasteiger partial charge in [0, 0.05) is 35.9 Å². The number of imidazole rings is 1. The van der Waals surface area contributed by atoms with Gasteiger partial charge < -0.3 is 66.4 Å². The zero-order chi connectivity index (χ0) is 52.0. The number of aromatic nitrogens is 2. The number of aromatic amines is 1. The lowest BCUT2D eigenvalue weighted by Crippen LogP contribution is -2.73. The normalized spacial score (nSPS) is 47.4. The van der Waals surface area contributed by atoms with Crippen LogP contribution in [0.2, 0.25) is 0 Å². The van der Waals surface area contributed by atoms with Gasteiger partial charge in [-0.3, -0.25) is 9.59 Å². The van der Waals surface area contributed by atoms with Gasteiger partial charge in [0.05, 0.1) is 42.6 Å². The third-order valence-corrected chi connectivity index (χ3v) is 23.0. The fraction of sp³-hybridized carbons (Fsp3) is 0.875. The zero-order valence-corrected chi connectivity index (χ0v) is 44.0. The minimum Gasteiger partial charge on any atom is -0.481 e. The molecule has 0 bridgehead atoms. The predicted octanol–water partition coefficient (Wildman–Crippen LogP) is 5.27. The summed E-state index contributed by atoms with van der Waals surface area (Å²) in [5.74, 6) is -2.47. The zero-order valence-electron chi connectivity index (χ0n) is 44.0. The first-order valence-corrected chi connectivity index (χ1v) is 27.9. The van der Waals surface area contributed by atoms with Gasteiger partial charge in [-0.1, -0.05) is 85.3 Å². The van der Waals surface area contributed by atoms with E-state index >= 15 is 0 Å². The first kappa shape index (κ1) is 54.3. The molecular formula is C56H90N4O12. The second kappa shape index (κ2) is 19.8. The Morgan fingerprint density at radius 1 is 0.931 bits per heavy atom. The number of unbranched alkanes of at least 4 members (excludes halogenated alkanes) is 2. The summed E-state index contributed by atoms with van der Waals surface area (Å²) in [7, 11) is 0. The number of aliphatic carboxylic acids is 1. The van der Waals surface area contributed by atoms with Gasteiger partial charge in [-0.25, -0.2) is 4.98 Å². The van der Waals surface area contributed by atoms with E-state index in [0.29, 0.717) is 64.2 Å². The highest BCUT2D eigenvalue weighted by Gasteiger charge is 2.75. The van der Waals surface area contributed by atoms with Crippen LogP contribution in [0.5, 0.6) is 0 Å². The lowest BCUT2D eigenvalue weighted by Gasteiger charge is -2.74. The number of ether oxygens (including phenoxy) is 2. The number of hydrogen-bond donors (Lipinski definition) is 11. The third-order valence-electron chi connectivity index (χ3n) is 23.0. The maximum atomic E-state index is 14.9. The smallest absolute Gasteiger partial charge is 0.310 e. The molecule has 9 rings (SSSR count). The van der Waals surface area contributed by atoms with Crippen LogP contribution in [0, 0.1) is 73.4 Å². The molecule has 72 heavy (non-hydrogen) atoms. The van der Waals surface area contributed by atoms with Gasteiger partial charge in [0.25, 0.3) is 0 Å². The van der Waals surface area contributed by atoms with Crippen LogP contribution in [0.1, 0.15) is 169 Å². The quantitative estimate of drug-likeness (QED) is 0.0436. The number of nitrogens with two attached hydrogens (primary N) is 1. The molecule has 1 aromatic rings. The second-order valence-corrected chi connectivity index (χ2v) is 26.1. The van der Waals surface area contributed by atoms with Crippen LogP contribution >= 0.6 is 0 Å². The molecule has 21 atom stereocenters. The summed E-state index contributed by atoms with van der Waals surface area (Å²) in [4.78, 5) is 36.5. The highest BCUT2D eigenvalue weighted by atomic mass is 16.7. The summed E-state index contributed by atoms with van der Waals surface area (Å²) in [6.45, 7) is 12.8. The average molecular weight is 1010 g/mol. The van der Waals surface area contributed by atoms with Gasteiger partial charge in [0.15, 0.2) is 6.29 Å². The Kier molecular flexibility index (Phi) is 14.9. The number of aliphatic hydroxyl groups is 7. The van der Waals surface area contributed by atoms with E-state index < -0.39 is 98.9 Å². The molecule has 0 radical (unpaired) electrons. The van der Waals surface area contributed by atoms with Gasteiger partial charge in [-0.05, 0) is 141 Å². The molecule has 8 aliphatic rings. The Labute approximate surface area is 426 Å². The molecule has 0 aromatic carbocycles. The molecule has 7 fully saturated rings. The maximum absolute atomic E-state index is 14.9. The molecule has 5 saturated carbocycles. The van der Waals surface area contributed by atoms with Crippen molar-refractivity contribution in [3.63, 3.8) is 0 Å². The highest BCUT2D eigenvalue weighted by molar-refractivity contribution is 5.86. The Bertz CT molecular complexity index is 2140. The van der Waals surface area contributed by atoms with Crippen LogP contribution in [0.25, 0.3) is 0 Å². The number of carboxylic acid groups (broad SMARTS) is 1. The molecule has 6 aliphatic carbocycles. The Morgan fingerprint density at radius 2 is 1.67 bits per heavy atom. The topological polar surface area (TPSA) is 281 Å². The number of allylic oxidation sites excluding steroid dienone is 2. The lowest BCUT2D eigenvalue weighted by atomic mass is 9.30. The SMILES string of the molecule is CCCCC[C@H]1C[C@@]2(C(=O)O)CC[C@](C)(CO)C[C@H]2C2=CC[C@@H]3[C@]4(C)[C@H](CC[C@@]3(C)[C@@]21C)[C@](C)(CO)[C@H](O[C@@H]1OC[C@@H](O)[C@H](O)[C@H]1O)[C@H](O)[C@@H]4C[C@H]1[C@@H]([C@H](CC[C@@H](N)O)c2cnc[nH]2)NC(=O)C12CCCC2. The molecule has 1 spiro atoms. The molecule has 12 N–H and O–H groups in total. The van der Waals surface area contributed by atoms with Gasteiger partial charge in [-0.2, -0.15) is 0 Å². The van der Waals surface area contributed by atoms with E-state index in [9.17, 15) is 50.4 Å². The Morgan fingerprint density at radius 3 is 2.31 bits per heavy atom. The van der Waals surface area contributed by atoms with Crippen molar-refractivity contribution < 1.29 is 59.9 Å². The van der Waals surface area contributed by atoms with E-state index in [0.717, 1.165) is 50.6 Å². The summed E-state index contributed by atoms with van der Waals surface area (Å²) < 4.78 is 12.7. The predicted molar refractivity (Wildman–Crippen MR) is 267 cm³/mol. The number of carboxylic acids is 1. The number of hydrogen-bond acceptors (Lipinski definition) is 13. The van der Waals surface area contributed by atoms with Gasteiger partial charge >= 0.3 is 5.97 Å². The molecule has 3 heterocycles. The maximum Gasteiger partial charge on any atom is 0.310 e. The molecule has 1 amide bonds. The number of rotatable bonds is 16. The fourth-order valence-corrected chi connectivity index (χ4v) is 18.8. The molecule has 2 saturated heterocycles.